The number of nitrogens with one attached hydrogen (secondary N) is 2. The lowest BCUT2D eigenvalue weighted by atomic mass is 9.84. The highest BCUT2D eigenvalue weighted by atomic mass is 19.3. The predicted octanol–water partition coefficient (Wildman–Crippen LogP) is 4.46. The summed E-state index contributed by atoms with van der Waals surface area (Å²) in [6, 6.07) is 6.51. The third kappa shape index (κ3) is 7.91. The van der Waals surface area contributed by atoms with Gasteiger partial charge < -0.3 is 24.8 Å². The molecule has 0 spiro atoms. The van der Waals surface area contributed by atoms with Crippen LogP contribution in [0.15, 0.2) is 42.9 Å². The van der Waals surface area contributed by atoms with Crippen molar-refractivity contribution in [3.8, 4) is 0 Å². The van der Waals surface area contributed by atoms with Crippen molar-refractivity contribution in [2.24, 2.45) is 5.92 Å². The molecule has 19 heteroatoms. The van der Waals surface area contributed by atoms with E-state index in [4.69, 9.17) is 4.74 Å². The van der Waals surface area contributed by atoms with E-state index in [2.05, 4.69) is 47.6 Å². The van der Waals surface area contributed by atoms with Gasteiger partial charge in [0.2, 0.25) is 11.8 Å². The summed E-state index contributed by atoms with van der Waals surface area (Å²) < 4.78 is 37.1. The summed E-state index contributed by atoms with van der Waals surface area (Å²) in [7, 11) is 4.12. The number of alkyl halides is 2. The van der Waals surface area contributed by atoms with Gasteiger partial charge in [-0.1, -0.05) is 6.07 Å². The van der Waals surface area contributed by atoms with Crippen molar-refractivity contribution in [2.45, 2.75) is 94.8 Å². The predicted molar refractivity (Wildman–Crippen MR) is 222 cm³/mol. The Hall–Kier alpha value is -5.82. The van der Waals surface area contributed by atoms with Crippen LogP contribution in [0.4, 0.5) is 26.0 Å². The zero-order chi connectivity index (χ0) is 43.2. The molecule has 3 aliphatic heterocycles. The minimum absolute atomic E-state index is 0.0253. The molecule has 0 bridgehead atoms. The number of fused-ring (bicyclic) bond motifs is 2. The fourth-order valence-corrected chi connectivity index (χ4v) is 10.1. The van der Waals surface area contributed by atoms with Gasteiger partial charge in [-0.25, -0.2) is 18.3 Å². The summed E-state index contributed by atoms with van der Waals surface area (Å²) in [5.41, 5.74) is 1.26. The summed E-state index contributed by atoms with van der Waals surface area (Å²) in [5, 5.41) is 13.5. The molecule has 5 aliphatic rings. The van der Waals surface area contributed by atoms with Gasteiger partial charge in [-0.3, -0.25) is 38.9 Å². The van der Waals surface area contributed by atoms with E-state index in [9.17, 15) is 32.8 Å². The fourth-order valence-electron chi connectivity index (χ4n) is 10.1. The molecule has 1 atom stereocenters. The van der Waals surface area contributed by atoms with Crippen molar-refractivity contribution in [2.75, 3.05) is 62.1 Å². The van der Waals surface area contributed by atoms with Crippen molar-refractivity contribution < 1.29 is 37.5 Å². The summed E-state index contributed by atoms with van der Waals surface area (Å²) >= 11 is 0. The first-order valence-electron chi connectivity index (χ1n) is 21.6. The van der Waals surface area contributed by atoms with Crippen molar-refractivity contribution in [1.29, 1.82) is 0 Å². The molecule has 1 aromatic carbocycles. The van der Waals surface area contributed by atoms with Crippen LogP contribution < -0.4 is 20.4 Å². The Labute approximate surface area is 356 Å². The molecule has 0 radical (unpaired) electrons. The van der Waals surface area contributed by atoms with Crippen LogP contribution in [0.25, 0.3) is 5.65 Å². The number of rotatable bonds is 11. The fraction of sp³-hybridized carbons (Fsp3) is 0.535. The van der Waals surface area contributed by atoms with Gasteiger partial charge in [0.1, 0.15) is 17.4 Å². The van der Waals surface area contributed by atoms with E-state index in [1.54, 1.807) is 23.0 Å². The summed E-state index contributed by atoms with van der Waals surface area (Å²) in [5.74, 6) is -1.52. The van der Waals surface area contributed by atoms with Crippen LogP contribution in [-0.4, -0.2) is 129 Å². The molecule has 6 heterocycles. The van der Waals surface area contributed by atoms with Gasteiger partial charge in [0.25, 0.3) is 24.1 Å². The minimum Gasteiger partial charge on any atom is -0.378 e. The maximum atomic E-state index is 14.3. The highest BCUT2D eigenvalue weighted by molar-refractivity contribution is 6.25. The molecule has 4 fully saturated rings. The number of carbonyl (C=O) groups excluding carboxylic acids is 5. The van der Waals surface area contributed by atoms with Crippen molar-refractivity contribution in [3.05, 3.63) is 65.2 Å². The number of benzene rings is 1. The Balaban J connectivity index is 0.777. The average Bonchev–Trinajstić information content (AvgIpc) is 3.98. The molecule has 2 N–H and O–H groups in total. The lowest BCUT2D eigenvalue weighted by Gasteiger charge is -2.41. The van der Waals surface area contributed by atoms with Crippen LogP contribution in [0, 0.1) is 5.92 Å². The number of imide groups is 2. The molecule has 62 heavy (non-hydrogen) atoms. The van der Waals surface area contributed by atoms with Crippen LogP contribution in [0.2, 0.25) is 0 Å². The number of amides is 5. The van der Waals surface area contributed by atoms with Gasteiger partial charge in [0.15, 0.2) is 11.3 Å². The van der Waals surface area contributed by atoms with Gasteiger partial charge in [-0.2, -0.15) is 10.2 Å². The van der Waals surface area contributed by atoms with E-state index in [0.717, 1.165) is 62.8 Å². The molecule has 17 nitrogen and oxygen atoms in total. The molecule has 3 aromatic heterocycles. The molecule has 2 aliphatic carbocycles. The second-order valence-electron chi connectivity index (χ2n) is 17.2. The van der Waals surface area contributed by atoms with Crippen LogP contribution in [0.1, 0.15) is 113 Å². The first-order chi connectivity index (χ1) is 29.9. The number of hydrogen-bond donors (Lipinski definition) is 2. The van der Waals surface area contributed by atoms with Gasteiger partial charge >= 0.3 is 0 Å². The number of anilines is 3. The third-order valence-electron chi connectivity index (χ3n) is 13.5. The molecular formula is C43H51F2N11O6. The SMILES string of the molecule is CN(CC1CCC(n2cc(NC(=O)c3cnn4ccc(N5CCOCC5)nc34)c(C(F)F)n2)CC1)C1CCC(N(C)c2cccc3c2C(=O)N(C2CCC(=O)NC2=O)C3=O)CC1. The summed E-state index contributed by atoms with van der Waals surface area (Å²) in [4.78, 5) is 77.3. The summed E-state index contributed by atoms with van der Waals surface area (Å²) in [6.45, 7) is 3.41. The molecule has 4 aromatic rings. The number of carbonyl (C=O) groups is 5. The van der Waals surface area contributed by atoms with Gasteiger partial charge in [-0.05, 0) is 89.0 Å². The molecule has 328 valence electrons. The van der Waals surface area contributed by atoms with Crippen LogP contribution >= 0.6 is 0 Å². The lowest BCUT2D eigenvalue weighted by Crippen LogP contribution is -2.54. The molecule has 5 amide bonds. The molecule has 2 saturated heterocycles. The lowest BCUT2D eigenvalue weighted by molar-refractivity contribution is -0.136. The van der Waals surface area contributed by atoms with Crippen molar-refractivity contribution >= 4 is 52.4 Å². The van der Waals surface area contributed by atoms with E-state index in [1.807, 2.05) is 19.2 Å². The number of morpholine rings is 1. The smallest absolute Gasteiger partial charge is 0.284 e. The van der Waals surface area contributed by atoms with Crippen molar-refractivity contribution in [3.63, 3.8) is 0 Å². The highest BCUT2D eigenvalue weighted by Crippen LogP contribution is 2.39. The van der Waals surface area contributed by atoms with Crippen LogP contribution in [-0.2, 0) is 14.3 Å². The Morgan fingerprint density at radius 3 is 2.42 bits per heavy atom. The third-order valence-corrected chi connectivity index (χ3v) is 13.5. The zero-order valence-electron chi connectivity index (χ0n) is 34.8. The Morgan fingerprint density at radius 2 is 1.69 bits per heavy atom. The second kappa shape index (κ2) is 17.2. The topological polar surface area (TPSA) is 180 Å². The van der Waals surface area contributed by atoms with Crippen molar-refractivity contribution in [1.82, 2.24) is 39.5 Å². The molecule has 2 saturated carbocycles. The number of ether oxygens (including phenoxy) is 1. The maximum absolute atomic E-state index is 14.3. The minimum atomic E-state index is -2.88. The van der Waals surface area contributed by atoms with E-state index in [0.29, 0.717) is 61.0 Å². The van der Waals surface area contributed by atoms with E-state index in [1.165, 1.54) is 16.9 Å². The van der Waals surface area contributed by atoms with Crippen LogP contribution in [0.5, 0.6) is 0 Å². The Bertz CT molecular complexity index is 2380. The molecule has 1 unspecified atom stereocenters. The summed E-state index contributed by atoms with van der Waals surface area (Å²) in [6.07, 6.45) is 9.04. The van der Waals surface area contributed by atoms with Gasteiger partial charge in [0.05, 0.1) is 48.0 Å². The largest absolute Gasteiger partial charge is 0.378 e. The van der Waals surface area contributed by atoms with E-state index < -0.39 is 47.7 Å². The number of aromatic nitrogens is 5. The normalized spacial score (nSPS) is 24.6. The number of piperidine rings is 1. The van der Waals surface area contributed by atoms with E-state index >= 15 is 0 Å². The first kappa shape index (κ1) is 41.5. The van der Waals surface area contributed by atoms with E-state index in [-0.39, 0.29) is 41.7 Å². The van der Waals surface area contributed by atoms with Gasteiger partial charge in [0, 0.05) is 57.6 Å². The molecular weight excluding hydrogens is 805 g/mol. The number of nitrogens with zero attached hydrogens (tertiary/aromatic N) is 9. The Morgan fingerprint density at radius 1 is 0.952 bits per heavy atom. The maximum Gasteiger partial charge on any atom is 0.284 e. The second-order valence-corrected chi connectivity index (χ2v) is 17.2. The van der Waals surface area contributed by atoms with Gasteiger partial charge in [-0.15, -0.1) is 0 Å². The highest BCUT2D eigenvalue weighted by Gasteiger charge is 2.46. The zero-order valence-corrected chi connectivity index (χ0v) is 34.8. The Kier molecular flexibility index (Phi) is 11.5. The molecule has 9 rings (SSSR count). The standard InChI is InChI=1S/C43H51F2N11O6/c1-51(26-10-12-27(13-11-26)52(2)32-5-3-4-29-36(32)43(61)56(42(29)60)33-14-15-35(57)49-41(33)59)23-25-6-8-28(9-7-25)55-24-31(37(50-55)38(44)45)47-40(58)30-22-46-54-17-16-34(48-39(30)54)53-18-20-62-21-19-53/h3-5,16-17,22,24-28,33,38H,6-15,18-21,23H2,1-2H3,(H,47,58)(H,49,57,59). The number of halogens is 2. The first-order valence-corrected chi connectivity index (χ1v) is 21.6. The van der Waals surface area contributed by atoms with Crippen LogP contribution in [0.3, 0.4) is 0 Å². The quantitative estimate of drug-likeness (QED) is 0.203. The number of hydrogen-bond acceptors (Lipinski definition) is 12. The monoisotopic (exact) mass is 855 g/mol. The average molecular weight is 856 g/mol.